The van der Waals surface area contributed by atoms with Crippen molar-refractivity contribution in [2.45, 2.75) is 19.1 Å². The lowest BCUT2D eigenvalue weighted by atomic mass is 10.1. The zero-order valence-corrected chi connectivity index (χ0v) is 20.8. The number of aromatic nitrogens is 3. The lowest BCUT2D eigenvalue weighted by Crippen LogP contribution is -2.48. The van der Waals surface area contributed by atoms with Crippen molar-refractivity contribution in [2.75, 3.05) is 31.5 Å². The molecule has 1 aliphatic rings. The summed E-state index contributed by atoms with van der Waals surface area (Å²) in [5.74, 6) is -1.16. The molecule has 2 aromatic heterocycles. The summed E-state index contributed by atoms with van der Waals surface area (Å²) in [6.45, 7) is 3.76. The monoisotopic (exact) mass is 558 g/mol. The van der Waals surface area contributed by atoms with Gasteiger partial charge in [-0.05, 0) is 29.8 Å². The first-order chi connectivity index (χ1) is 17.5. The van der Waals surface area contributed by atoms with Crippen molar-refractivity contribution in [3.05, 3.63) is 70.0 Å². The number of carbonyl (C=O) groups excluding carboxylic acids is 1. The van der Waals surface area contributed by atoms with Crippen LogP contribution in [0.4, 0.5) is 24.8 Å². The summed E-state index contributed by atoms with van der Waals surface area (Å²) < 4.78 is 31.7. The molecular formula is C23H23Cl2F3N6O3. The second kappa shape index (κ2) is 12.7. The molecule has 0 aliphatic carbocycles. The van der Waals surface area contributed by atoms with Gasteiger partial charge in [-0.15, -0.1) is 0 Å². The third-order valence-corrected chi connectivity index (χ3v) is 6.00. The van der Waals surface area contributed by atoms with Gasteiger partial charge in [-0.3, -0.25) is 14.8 Å². The van der Waals surface area contributed by atoms with Gasteiger partial charge in [0.15, 0.2) is 5.82 Å². The summed E-state index contributed by atoms with van der Waals surface area (Å²) in [5.41, 5.74) is 1.85. The van der Waals surface area contributed by atoms with Crippen LogP contribution in [0.5, 0.6) is 0 Å². The van der Waals surface area contributed by atoms with E-state index < -0.39 is 12.1 Å². The minimum absolute atomic E-state index is 0.108. The molecule has 0 bridgehead atoms. The van der Waals surface area contributed by atoms with E-state index in [1.54, 1.807) is 18.3 Å². The second-order valence-corrected chi connectivity index (χ2v) is 8.80. The fourth-order valence-electron chi connectivity index (χ4n) is 3.42. The Morgan fingerprint density at radius 3 is 2.32 bits per heavy atom. The summed E-state index contributed by atoms with van der Waals surface area (Å²) in [6, 6.07) is 13.1. The Morgan fingerprint density at radius 2 is 1.73 bits per heavy atom. The SMILES string of the molecule is O=C(Cc1ccc(Cl)c(Cl)c1)N1CCN(Cc2cccc(Nc3cc[nH]n3)n2)CC1.O=C(O)C(F)(F)F. The number of anilines is 2. The first-order valence-electron chi connectivity index (χ1n) is 11.0. The first kappa shape index (κ1) is 28.2. The van der Waals surface area contributed by atoms with E-state index in [4.69, 9.17) is 33.1 Å². The standard InChI is InChI=1S/C21H22Cl2N6O.C2HF3O2/c22-17-5-4-15(12-18(17)23)13-21(30)29-10-8-28(9-11-29)14-16-2-1-3-19(25-16)26-20-6-7-24-27-20;3-2(4,5)1(6)7/h1-7,12H,8-11,13-14H2,(H2,24,25,26,27);(H,6,7). The number of hydrogen-bond acceptors (Lipinski definition) is 6. The molecule has 1 amide bonds. The Kier molecular flexibility index (Phi) is 9.73. The van der Waals surface area contributed by atoms with E-state index in [9.17, 15) is 18.0 Å². The van der Waals surface area contributed by atoms with Crippen molar-refractivity contribution >= 4 is 46.7 Å². The topological polar surface area (TPSA) is 114 Å². The molecule has 0 spiro atoms. The summed E-state index contributed by atoms with van der Waals surface area (Å²) in [7, 11) is 0. The smallest absolute Gasteiger partial charge is 0.475 e. The number of halogens is 5. The number of carboxylic acid groups (broad SMARTS) is 1. The molecule has 37 heavy (non-hydrogen) atoms. The average molecular weight is 559 g/mol. The predicted octanol–water partition coefficient (Wildman–Crippen LogP) is 4.38. The molecule has 0 saturated carbocycles. The van der Waals surface area contributed by atoms with Crippen LogP contribution in [0.25, 0.3) is 0 Å². The van der Waals surface area contributed by atoms with Gasteiger partial charge in [0, 0.05) is 45.0 Å². The largest absolute Gasteiger partial charge is 0.490 e. The summed E-state index contributed by atoms with van der Waals surface area (Å²) in [4.78, 5) is 30.4. The quantitative estimate of drug-likeness (QED) is 0.411. The molecular weight excluding hydrogens is 536 g/mol. The van der Waals surface area contributed by atoms with Crippen LogP contribution in [-0.4, -0.2) is 74.3 Å². The van der Waals surface area contributed by atoms with Gasteiger partial charge in [-0.2, -0.15) is 18.3 Å². The molecule has 1 aliphatic heterocycles. The number of pyridine rings is 1. The van der Waals surface area contributed by atoms with Crippen LogP contribution in [0.1, 0.15) is 11.3 Å². The van der Waals surface area contributed by atoms with Crippen molar-refractivity contribution in [3.63, 3.8) is 0 Å². The number of benzene rings is 1. The third-order valence-electron chi connectivity index (χ3n) is 5.26. The molecule has 4 rings (SSSR count). The average Bonchev–Trinajstić information content (AvgIpc) is 3.35. The van der Waals surface area contributed by atoms with E-state index in [1.807, 2.05) is 35.2 Å². The molecule has 3 aromatic rings. The molecule has 9 nitrogen and oxygen atoms in total. The molecule has 0 radical (unpaired) electrons. The van der Waals surface area contributed by atoms with E-state index in [1.165, 1.54) is 0 Å². The molecule has 198 valence electrons. The zero-order valence-electron chi connectivity index (χ0n) is 19.3. The molecule has 1 saturated heterocycles. The maximum Gasteiger partial charge on any atom is 0.490 e. The second-order valence-electron chi connectivity index (χ2n) is 7.98. The third kappa shape index (κ3) is 8.92. The Balaban J connectivity index is 0.000000479. The number of H-pyrrole nitrogens is 1. The van der Waals surface area contributed by atoms with E-state index in [0.29, 0.717) is 29.6 Å². The van der Waals surface area contributed by atoms with Gasteiger partial charge >= 0.3 is 12.1 Å². The number of amides is 1. The maximum absolute atomic E-state index is 12.6. The van der Waals surface area contributed by atoms with Crippen molar-refractivity contribution in [2.24, 2.45) is 0 Å². The number of rotatable bonds is 6. The van der Waals surface area contributed by atoms with Crippen LogP contribution in [-0.2, 0) is 22.6 Å². The van der Waals surface area contributed by atoms with Gasteiger partial charge < -0.3 is 15.3 Å². The van der Waals surface area contributed by atoms with Gasteiger partial charge in [0.2, 0.25) is 5.91 Å². The minimum atomic E-state index is -5.08. The molecule has 14 heteroatoms. The highest BCUT2D eigenvalue weighted by Crippen LogP contribution is 2.23. The Hall–Kier alpha value is -3.35. The Bertz CT molecular complexity index is 1200. The van der Waals surface area contributed by atoms with Crippen LogP contribution in [0.15, 0.2) is 48.7 Å². The number of aromatic amines is 1. The number of hydrogen-bond donors (Lipinski definition) is 3. The van der Waals surface area contributed by atoms with E-state index in [-0.39, 0.29) is 5.91 Å². The normalized spacial score (nSPS) is 14.0. The minimum Gasteiger partial charge on any atom is -0.475 e. The number of piperazine rings is 1. The Morgan fingerprint density at radius 1 is 1.03 bits per heavy atom. The van der Waals surface area contributed by atoms with Crippen LogP contribution in [0, 0.1) is 0 Å². The van der Waals surface area contributed by atoms with Crippen molar-refractivity contribution < 1.29 is 27.9 Å². The number of nitrogens with zero attached hydrogens (tertiary/aromatic N) is 4. The lowest BCUT2D eigenvalue weighted by molar-refractivity contribution is -0.192. The molecule has 1 aromatic carbocycles. The van der Waals surface area contributed by atoms with Crippen molar-refractivity contribution in [1.82, 2.24) is 25.0 Å². The van der Waals surface area contributed by atoms with Gasteiger partial charge in [0.05, 0.1) is 22.2 Å². The fourth-order valence-corrected chi connectivity index (χ4v) is 3.74. The summed E-state index contributed by atoms with van der Waals surface area (Å²) in [6.07, 6.45) is -2.99. The molecule has 1 fully saturated rings. The van der Waals surface area contributed by atoms with E-state index in [0.717, 1.165) is 42.5 Å². The van der Waals surface area contributed by atoms with Gasteiger partial charge in [0.1, 0.15) is 5.82 Å². The molecule has 0 atom stereocenters. The zero-order chi connectivity index (χ0) is 27.0. The van der Waals surface area contributed by atoms with E-state index in [2.05, 4.69) is 25.4 Å². The summed E-state index contributed by atoms with van der Waals surface area (Å²) in [5, 5.41) is 18.1. The lowest BCUT2D eigenvalue weighted by Gasteiger charge is -2.34. The highest BCUT2D eigenvalue weighted by Gasteiger charge is 2.38. The van der Waals surface area contributed by atoms with Crippen LogP contribution >= 0.6 is 23.2 Å². The molecule has 3 heterocycles. The van der Waals surface area contributed by atoms with Gasteiger partial charge in [0.25, 0.3) is 0 Å². The number of carboxylic acids is 1. The molecule has 3 N–H and O–H groups in total. The highest BCUT2D eigenvalue weighted by atomic mass is 35.5. The maximum atomic E-state index is 12.6. The Labute approximate surface area is 220 Å². The van der Waals surface area contributed by atoms with Crippen molar-refractivity contribution in [1.29, 1.82) is 0 Å². The molecule has 0 unspecified atom stereocenters. The summed E-state index contributed by atoms with van der Waals surface area (Å²) >= 11 is 12.0. The number of nitrogens with one attached hydrogen (secondary N) is 2. The fraction of sp³-hybridized carbons (Fsp3) is 0.304. The van der Waals surface area contributed by atoms with Gasteiger partial charge in [-0.25, -0.2) is 9.78 Å². The number of alkyl halides is 3. The van der Waals surface area contributed by atoms with Crippen molar-refractivity contribution in [3.8, 4) is 0 Å². The first-order valence-corrected chi connectivity index (χ1v) is 11.7. The van der Waals surface area contributed by atoms with E-state index >= 15 is 0 Å². The van der Waals surface area contributed by atoms with Crippen LogP contribution < -0.4 is 5.32 Å². The highest BCUT2D eigenvalue weighted by molar-refractivity contribution is 6.42. The predicted molar refractivity (Wildman–Crippen MR) is 132 cm³/mol. The number of carbonyl (C=O) groups is 2. The number of aliphatic carboxylic acids is 1. The van der Waals surface area contributed by atoms with Gasteiger partial charge in [-0.1, -0.05) is 35.3 Å². The van der Waals surface area contributed by atoms with Crippen LogP contribution in [0.2, 0.25) is 10.0 Å². The van der Waals surface area contributed by atoms with Crippen LogP contribution in [0.3, 0.4) is 0 Å².